The van der Waals surface area contributed by atoms with Gasteiger partial charge in [-0.2, -0.15) is 0 Å². The standard InChI is InChI=1S/C18H24N2O4/c1-2-19(12-14-9-11-23-13-14)17(21)8-5-10-20-15-6-3-4-7-16(15)24-18(20)22/h3-4,6-7,14H,2,5,8-13H2,1H3/t14-/m0/s1. The lowest BCUT2D eigenvalue weighted by atomic mass is 10.1. The van der Waals surface area contributed by atoms with E-state index in [1.165, 1.54) is 0 Å². The lowest BCUT2D eigenvalue weighted by Crippen LogP contribution is -2.35. The lowest BCUT2D eigenvalue weighted by Gasteiger charge is -2.23. The maximum absolute atomic E-state index is 12.4. The van der Waals surface area contributed by atoms with Crippen LogP contribution in [0.1, 0.15) is 26.2 Å². The summed E-state index contributed by atoms with van der Waals surface area (Å²) in [4.78, 5) is 26.2. The first-order valence-corrected chi connectivity index (χ1v) is 8.63. The number of para-hydroxylation sites is 2. The molecule has 0 saturated carbocycles. The normalized spacial score (nSPS) is 17.5. The summed E-state index contributed by atoms with van der Waals surface area (Å²) in [6.07, 6.45) is 2.09. The molecule has 0 spiro atoms. The summed E-state index contributed by atoms with van der Waals surface area (Å²) < 4.78 is 12.2. The molecule has 1 aromatic heterocycles. The van der Waals surface area contributed by atoms with Crippen LogP contribution in [0.4, 0.5) is 0 Å². The van der Waals surface area contributed by atoms with Gasteiger partial charge >= 0.3 is 5.76 Å². The van der Waals surface area contributed by atoms with Crippen molar-refractivity contribution in [3.63, 3.8) is 0 Å². The molecule has 1 aromatic carbocycles. The van der Waals surface area contributed by atoms with E-state index in [2.05, 4.69) is 0 Å². The Morgan fingerprint density at radius 1 is 1.38 bits per heavy atom. The quantitative estimate of drug-likeness (QED) is 0.780. The van der Waals surface area contributed by atoms with E-state index < -0.39 is 0 Å². The number of nitrogens with zero attached hydrogens (tertiary/aromatic N) is 2. The maximum atomic E-state index is 12.4. The third kappa shape index (κ3) is 3.70. The van der Waals surface area contributed by atoms with Crippen molar-refractivity contribution < 1.29 is 13.9 Å². The molecule has 0 unspecified atom stereocenters. The molecule has 3 rings (SSSR count). The van der Waals surface area contributed by atoms with Crippen molar-refractivity contribution >= 4 is 17.0 Å². The monoisotopic (exact) mass is 332 g/mol. The van der Waals surface area contributed by atoms with Crippen molar-refractivity contribution in [1.82, 2.24) is 9.47 Å². The van der Waals surface area contributed by atoms with Crippen molar-refractivity contribution in [3.05, 3.63) is 34.8 Å². The van der Waals surface area contributed by atoms with Gasteiger partial charge < -0.3 is 14.1 Å². The Kier molecular flexibility index (Phi) is 5.35. The van der Waals surface area contributed by atoms with Crippen molar-refractivity contribution in [1.29, 1.82) is 0 Å². The molecule has 0 N–H and O–H groups in total. The van der Waals surface area contributed by atoms with E-state index in [1.54, 1.807) is 10.6 Å². The second-order valence-corrected chi connectivity index (χ2v) is 6.25. The Bertz CT molecular complexity index is 743. The Hall–Kier alpha value is -2.08. The summed E-state index contributed by atoms with van der Waals surface area (Å²) in [5.41, 5.74) is 1.37. The van der Waals surface area contributed by atoms with Gasteiger partial charge in [0.2, 0.25) is 5.91 Å². The molecule has 0 radical (unpaired) electrons. The predicted molar refractivity (Wildman–Crippen MR) is 90.9 cm³/mol. The summed E-state index contributed by atoms with van der Waals surface area (Å²) >= 11 is 0. The number of hydrogen-bond acceptors (Lipinski definition) is 4. The molecule has 2 aromatic rings. The molecule has 0 aliphatic carbocycles. The number of rotatable bonds is 7. The molecule has 2 heterocycles. The van der Waals surface area contributed by atoms with Gasteiger partial charge in [0.05, 0.1) is 12.1 Å². The highest BCUT2D eigenvalue weighted by atomic mass is 16.5. The van der Waals surface area contributed by atoms with E-state index in [9.17, 15) is 9.59 Å². The van der Waals surface area contributed by atoms with Gasteiger partial charge in [-0.3, -0.25) is 9.36 Å². The average molecular weight is 332 g/mol. The van der Waals surface area contributed by atoms with E-state index in [4.69, 9.17) is 9.15 Å². The average Bonchev–Trinajstić information content (AvgIpc) is 3.20. The van der Waals surface area contributed by atoms with Crippen LogP contribution in [0, 0.1) is 5.92 Å². The van der Waals surface area contributed by atoms with Crippen LogP contribution >= 0.6 is 0 Å². The van der Waals surface area contributed by atoms with E-state index in [0.717, 1.165) is 31.7 Å². The number of ether oxygens (including phenoxy) is 1. The highest BCUT2D eigenvalue weighted by Crippen LogP contribution is 2.15. The molecule has 1 aliphatic heterocycles. The second kappa shape index (κ2) is 7.66. The number of amides is 1. The van der Waals surface area contributed by atoms with Crippen LogP contribution in [0.5, 0.6) is 0 Å². The third-order valence-corrected chi connectivity index (χ3v) is 4.58. The van der Waals surface area contributed by atoms with Gasteiger partial charge in [-0.15, -0.1) is 0 Å². The fourth-order valence-corrected chi connectivity index (χ4v) is 3.22. The van der Waals surface area contributed by atoms with E-state index >= 15 is 0 Å². The number of aromatic nitrogens is 1. The van der Waals surface area contributed by atoms with E-state index in [-0.39, 0.29) is 11.7 Å². The minimum absolute atomic E-state index is 0.144. The molecule has 130 valence electrons. The summed E-state index contributed by atoms with van der Waals surface area (Å²) in [6.45, 7) is 5.52. The van der Waals surface area contributed by atoms with Crippen molar-refractivity contribution in [2.75, 3.05) is 26.3 Å². The minimum Gasteiger partial charge on any atom is -0.408 e. The molecule has 24 heavy (non-hydrogen) atoms. The molecular weight excluding hydrogens is 308 g/mol. The number of oxazole rings is 1. The van der Waals surface area contributed by atoms with Gasteiger partial charge in [0.15, 0.2) is 5.58 Å². The van der Waals surface area contributed by atoms with E-state index in [0.29, 0.717) is 37.4 Å². The predicted octanol–water partition coefficient (Wildman–Crippen LogP) is 2.26. The van der Waals surface area contributed by atoms with Gasteiger partial charge in [0.1, 0.15) is 0 Å². The Morgan fingerprint density at radius 2 is 2.21 bits per heavy atom. The van der Waals surface area contributed by atoms with Crippen LogP contribution in [0.15, 0.2) is 33.5 Å². The highest BCUT2D eigenvalue weighted by Gasteiger charge is 2.21. The lowest BCUT2D eigenvalue weighted by molar-refractivity contribution is -0.131. The summed E-state index contributed by atoms with van der Waals surface area (Å²) in [5, 5.41) is 0. The van der Waals surface area contributed by atoms with Crippen LogP contribution in [0.25, 0.3) is 11.1 Å². The molecule has 0 bridgehead atoms. The Balaban J connectivity index is 1.55. The Labute approximate surface area is 141 Å². The topological polar surface area (TPSA) is 64.7 Å². The number of aryl methyl sites for hydroxylation is 1. The maximum Gasteiger partial charge on any atom is 0.419 e. The first-order valence-electron chi connectivity index (χ1n) is 8.63. The van der Waals surface area contributed by atoms with Crippen LogP contribution in [0.2, 0.25) is 0 Å². The SMILES string of the molecule is CCN(C[C@@H]1CCOC1)C(=O)CCCn1c(=O)oc2ccccc21. The highest BCUT2D eigenvalue weighted by molar-refractivity contribution is 5.76. The van der Waals surface area contributed by atoms with Gasteiger partial charge in [0, 0.05) is 38.6 Å². The molecule has 1 amide bonds. The number of carbonyl (C=O) groups is 1. The molecule has 1 saturated heterocycles. The Morgan fingerprint density at radius 3 is 2.96 bits per heavy atom. The van der Waals surface area contributed by atoms with Gasteiger partial charge in [-0.1, -0.05) is 12.1 Å². The van der Waals surface area contributed by atoms with Gasteiger partial charge in [-0.25, -0.2) is 4.79 Å². The fraction of sp³-hybridized carbons (Fsp3) is 0.556. The van der Waals surface area contributed by atoms with Crippen LogP contribution < -0.4 is 5.76 Å². The molecule has 1 atom stereocenters. The molecule has 1 aliphatic rings. The van der Waals surface area contributed by atoms with E-state index in [1.807, 2.05) is 30.0 Å². The van der Waals surface area contributed by atoms with Crippen LogP contribution in [-0.4, -0.2) is 41.7 Å². The first-order chi connectivity index (χ1) is 11.7. The zero-order valence-electron chi connectivity index (χ0n) is 14.1. The number of fused-ring (bicyclic) bond motifs is 1. The largest absolute Gasteiger partial charge is 0.419 e. The van der Waals surface area contributed by atoms with Gasteiger partial charge in [0.25, 0.3) is 0 Å². The van der Waals surface area contributed by atoms with Crippen LogP contribution in [-0.2, 0) is 16.1 Å². The van der Waals surface area contributed by atoms with Gasteiger partial charge in [-0.05, 0) is 31.9 Å². The zero-order chi connectivity index (χ0) is 16.9. The number of carbonyl (C=O) groups excluding carboxylic acids is 1. The number of benzene rings is 1. The second-order valence-electron chi connectivity index (χ2n) is 6.25. The number of hydrogen-bond donors (Lipinski definition) is 0. The fourth-order valence-electron chi connectivity index (χ4n) is 3.22. The molecule has 6 nitrogen and oxygen atoms in total. The van der Waals surface area contributed by atoms with Crippen LogP contribution in [0.3, 0.4) is 0 Å². The third-order valence-electron chi connectivity index (χ3n) is 4.58. The zero-order valence-corrected chi connectivity index (χ0v) is 14.1. The molecule has 1 fully saturated rings. The summed E-state index contributed by atoms with van der Waals surface area (Å²) in [7, 11) is 0. The first kappa shape index (κ1) is 16.8. The summed E-state index contributed by atoms with van der Waals surface area (Å²) in [5.74, 6) is 0.235. The van der Waals surface area contributed by atoms with Crippen molar-refractivity contribution in [2.45, 2.75) is 32.7 Å². The summed E-state index contributed by atoms with van der Waals surface area (Å²) in [6, 6.07) is 7.35. The molecular formula is C18H24N2O4. The van der Waals surface area contributed by atoms with Crippen molar-refractivity contribution in [3.8, 4) is 0 Å². The van der Waals surface area contributed by atoms with Crippen molar-refractivity contribution in [2.24, 2.45) is 5.92 Å². The minimum atomic E-state index is -0.362. The molecule has 6 heteroatoms. The smallest absolute Gasteiger partial charge is 0.408 e.